The molecule has 0 radical (unpaired) electrons. The normalized spacial score (nSPS) is 14.7. The predicted octanol–water partition coefficient (Wildman–Crippen LogP) is 4.12. The highest BCUT2D eigenvalue weighted by Gasteiger charge is 2.23. The number of hydrogen-bond acceptors (Lipinski definition) is 4. The lowest BCUT2D eigenvalue weighted by molar-refractivity contribution is 0.0954. The molecule has 6 heteroatoms. The van der Waals surface area contributed by atoms with Crippen LogP contribution in [0.25, 0.3) is 10.2 Å². The Kier molecular flexibility index (Phi) is 4.83. The molecule has 140 valence electrons. The fraction of sp³-hybridized carbons (Fsp3) is 0.381. The number of amides is 1. The fourth-order valence-corrected chi connectivity index (χ4v) is 4.82. The Balaban J connectivity index is 1.61. The Hall–Kier alpha value is -2.47. The first-order valence-electron chi connectivity index (χ1n) is 9.38. The van der Waals surface area contributed by atoms with Gasteiger partial charge in [-0.15, -0.1) is 11.3 Å². The van der Waals surface area contributed by atoms with Crippen LogP contribution in [0.5, 0.6) is 0 Å². The summed E-state index contributed by atoms with van der Waals surface area (Å²) < 4.78 is 1.77. The minimum Gasteiger partial charge on any atom is -0.347 e. The molecule has 27 heavy (non-hydrogen) atoms. The highest BCUT2D eigenvalue weighted by atomic mass is 32.1. The maximum Gasteiger partial charge on any atom is 0.262 e. The lowest BCUT2D eigenvalue weighted by atomic mass is 10.1. The van der Waals surface area contributed by atoms with Gasteiger partial charge in [-0.05, 0) is 37.8 Å². The summed E-state index contributed by atoms with van der Waals surface area (Å²) in [5.74, 6) is -0.150. The summed E-state index contributed by atoms with van der Waals surface area (Å²) >= 11 is 1.30. The van der Waals surface area contributed by atoms with Crippen LogP contribution < -0.4 is 10.9 Å². The van der Waals surface area contributed by atoms with E-state index < -0.39 is 0 Å². The van der Waals surface area contributed by atoms with Crippen LogP contribution in [0, 0.1) is 13.8 Å². The molecule has 1 aromatic carbocycles. The molecule has 5 nitrogen and oxygen atoms in total. The van der Waals surface area contributed by atoms with E-state index in [0.29, 0.717) is 21.6 Å². The van der Waals surface area contributed by atoms with Crippen LogP contribution in [0.4, 0.5) is 0 Å². The number of aryl methyl sites for hydroxylation is 2. The van der Waals surface area contributed by atoms with Crippen LogP contribution in [0.15, 0.2) is 35.4 Å². The number of aromatic nitrogens is 2. The molecule has 1 aliphatic rings. The van der Waals surface area contributed by atoms with E-state index in [0.717, 1.165) is 36.8 Å². The second-order valence-electron chi connectivity index (χ2n) is 7.30. The monoisotopic (exact) mass is 381 g/mol. The quantitative estimate of drug-likeness (QED) is 0.739. The average molecular weight is 382 g/mol. The van der Waals surface area contributed by atoms with Gasteiger partial charge in [0.1, 0.15) is 4.83 Å². The molecule has 2 aromatic heterocycles. The maximum atomic E-state index is 13.0. The SMILES string of the molecule is Cc1ccc(CNC(=O)c2sc3ncn(C4CCCC4)c(=O)c3c2C)cc1. The molecule has 4 rings (SSSR count). The van der Waals surface area contributed by atoms with Crippen molar-refractivity contribution in [1.29, 1.82) is 0 Å². The van der Waals surface area contributed by atoms with Crippen molar-refractivity contribution in [2.75, 3.05) is 0 Å². The fourth-order valence-electron chi connectivity index (χ4n) is 3.76. The van der Waals surface area contributed by atoms with E-state index in [4.69, 9.17) is 0 Å². The van der Waals surface area contributed by atoms with Gasteiger partial charge in [0.15, 0.2) is 0 Å². The molecule has 3 aromatic rings. The van der Waals surface area contributed by atoms with E-state index in [1.54, 1.807) is 10.9 Å². The molecule has 2 heterocycles. The number of carbonyl (C=O) groups is 1. The van der Waals surface area contributed by atoms with Gasteiger partial charge in [0, 0.05) is 12.6 Å². The molecule has 0 unspecified atom stereocenters. The second kappa shape index (κ2) is 7.27. The van der Waals surface area contributed by atoms with E-state index in [2.05, 4.69) is 10.3 Å². The van der Waals surface area contributed by atoms with Gasteiger partial charge in [0.05, 0.1) is 16.6 Å². The van der Waals surface area contributed by atoms with E-state index in [1.807, 2.05) is 38.1 Å². The molecule has 0 spiro atoms. The van der Waals surface area contributed by atoms with Crippen LogP contribution in [0.3, 0.4) is 0 Å². The summed E-state index contributed by atoms with van der Waals surface area (Å²) in [7, 11) is 0. The van der Waals surface area contributed by atoms with Crippen LogP contribution >= 0.6 is 11.3 Å². The molecular weight excluding hydrogens is 358 g/mol. The van der Waals surface area contributed by atoms with Crippen molar-refractivity contribution in [1.82, 2.24) is 14.9 Å². The van der Waals surface area contributed by atoms with Gasteiger partial charge in [-0.25, -0.2) is 4.98 Å². The summed E-state index contributed by atoms with van der Waals surface area (Å²) in [6.45, 7) is 4.35. The number of fused-ring (bicyclic) bond motifs is 1. The summed E-state index contributed by atoms with van der Waals surface area (Å²) in [4.78, 5) is 31.4. The molecule has 1 saturated carbocycles. The second-order valence-corrected chi connectivity index (χ2v) is 8.30. The molecule has 0 bridgehead atoms. The molecule has 1 amide bonds. The number of nitrogens with one attached hydrogen (secondary N) is 1. The third-order valence-corrected chi connectivity index (χ3v) is 6.57. The standard InChI is InChI=1S/C21H23N3O2S/c1-13-7-9-15(10-8-13)11-22-19(25)18-14(2)17-20(27-18)23-12-24(21(17)26)16-5-3-4-6-16/h7-10,12,16H,3-6,11H2,1-2H3,(H,22,25). The van der Waals surface area contributed by atoms with Crippen molar-refractivity contribution >= 4 is 27.5 Å². The zero-order chi connectivity index (χ0) is 19.0. The van der Waals surface area contributed by atoms with Crippen molar-refractivity contribution in [2.24, 2.45) is 0 Å². The third kappa shape index (κ3) is 3.41. The summed E-state index contributed by atoms with van der Waals surface area (Å²) in [6, 6.07) is 8.32. The first kappa shape index (κ1) is 17.9. The number of thiophene rings is 1. The maximum absolute atomic E-state index is 13.0. The van der Waals surface area contributed by atoms with Crippen LogP contribution in [-0.4, -0.2) is 15.5 Å². The molecule has 1 N–H and O–H groups in total. The third-order valence-electron chi connectivity index (χ3n) is 5.37. The highest BCUT2D eigenvalue weighted by Crippen LogP contribution is 2.31. The largest absolute Gasteiger partial charge is 0.347 e. The van der Waals surface area contributed by atoms with Gasteiger partial charge >= 0.3 is 0 Å². The van der Waals surface area contributed by atoms with Crippen LogP contribution in [-0.2, 0) is 6.54 Å². The number of carbonyl (C=O) groups excluding carboxylic acids is 1. The van der Waals surface area contributed by atoms with Gasteiger partial charge in [0.2, 0.25) is 0 Å². The highest BCUT2D eigenvalue weighted by molar-refractivity contribution is 7.20. The lowest BCUT2D eigenvalue weighted by Crippen LogP contribution is -2.24. The molecular formula is C21H23N3O2S. The van der Waals surface area contributed by atoms with Crippen molar-refractivity contribution in [2.45, 2.75) is 52.1 Å². The van der Waals surface area contributed by atoms with Crippen molar-refractivity contribution in [3.05, 3.63) is 62.5 Å². The Bertz CT molecular complexity index is 1040. The van der Waals surface area contributed by atoms with Gasteiger partial charge < -0.3 is 5.32 Å². The summed E-state index contributed by atoms with van der Waals surface area (Å²) in [5, 5.41) is 3.55. The lowest BCUT2D eigenvalue weighted by Gasteiger charge is -2.12. The average Bonchev–Trinajstić information content (AvgIpc) is 3.30. The van der Waals surface area contributed by atoms with E-state index in [-0.39, 0.29) is 17.5 Å². The zero-order valence-corrected chi connectivity index (χ0v) is 16.4. The van der Waals surface area contributed by atoms with Gasteiger partial charge in [-0.1, -0.05) is 42.7 Å². The Morgan fingerprint density at radius 3 is 2.63 bits per heavy atom. The molecule has 0 saturated heterocycles. The first-order valence-corrected chi connectivity index (χ1v) is 10.2. The predicted molar refractivity (Wildman–Crippen MR) is 108 cm³/mol. The zero-order valence-electron chi connectivity index (χ0n) is 15.6. The number of rotatable bonds is 4. The number of hydrogen-bond donors (Lipinski definition) is 1. The van der Waals surface area contributed by atoms with Crippen molar-refractivity contribution < 1.29 is 4.79 Å². The first-order chi connectivity index (χ1) is 13.0. The van der Waals surface area contributed by atoms with Gasteiger partial charge in [0.25, 0.3) is 11.5 Å². The Morgan fingerprint density at radius 2 is 1.93 bits per heavy atom. The smallest absolute Gasteiger partial charge is 0.262 e. The topological polar surface area (TPSA) is 64.0 Å². The molecule has 1 aliphatic carbocycles. The van der Waals surface area contributed by atoms with Crippen molar-refractivity contribution in [3.63, 3.8) is 0 Å². The minimum absolute atomic E-state index is 0.0155. The molecule has 1 fully saturated rings. The van der Waals surface area contributed by atoms with Crippen LogP contribution in [0.1, 0.15) is 58.1 Å². The van der Waals surface area contributed by atoms with Crippen LogP contribution in [0.2, 0.25) is 0 Å². The number of benzene rings is 1. The van der Waals surface area contributed by atoms with E-state index in [9.17, 15) is 9.59 Å². The van der Waals surface area contributed by atoms with Crippen molar-refractivity contribution in [3.8, 4) is 0 Å². The van der Waals surface area contributed by atoms with Gasteiger partial charge in [-0.3, -0.25) is 14.2 Å². The molecule has 0 aliphatic heterocycles. The van der Waals surface area contributed by atoms with E-state index in [1.165, 1.54) is 16.9 Å². The Morgan fingerprint density at radius 1 is 1.22 bits per heavy atom. The number of nitrogens with zero attached hydrogens (tertiary/aromatic N) is 2. The summed E-state index contributed by atoms with van der Waals surface area (Å²) in [5.41, 5.74) is 2.96. The van der Waals surface area contributed by atoms with E-state index >= 15 is 0 Å². The summed E-state index contributed by atoms with van der Waals surface area (Å²) in [6.07, 6.45) is 6.03. The Labute approximate surface area is 162 Å². The van der Waals surface area contributed by atoms with Gasteiger partial charge in [-0.2, -0.15) is 0 Å². The minimum atomic E-state index is -0.150. The molecule has 0 atom stereocenters.